The standard InChI is InChI=1S/C19H30N2O/c1-9-21(8)12-20-16-10-13(2)18(15(4)14(16)3)17(22)11-19(5,6)7/h10,12H,9,11H2,1-8H3/b20-12+. The van der Waals surface area contributed by atoms with Crippen LogP contribution in [0.3, 0.4) is 0 Å². The molecule has 0 N–H and O–H groups in total. The van der Waals surface area contributed by atoms with Gasteiger partial charge in [0.25, 0.3) is 0 Å². The van der Waals surface area contributed by atoms with E-state index in [0.717, 1.165) is 34.5 Å². The van der Waals surface area contributed by atoms with Crippen LogP contribution < -0.4 is 0 Å². The van der Waals surface area contributed by atoms with Gasteiger partial charge in [-0.3, -0.25) is 4.79 Å². The number of benzene rings is 1. The van der Waals surface area contributed by atoms with Gasteiger partial charge in [-0.2, -0.15) is 0 Å². The summed E-state index contributed by atoms with van der Waals surface area (Å²) in [5, 5.41) is 0. The largest absolute Gasteiger partial charge is 0.366 e. The summed E-state index contributed by atoms with van der Waals surface area (Å²) in [5.74, 6) is 0.229. The molecule has 122 valence electrons. The zero-order chi connectivity index (χ0) is 17.1. The lowest BCUT2D eigenvalue weighted by Gasteiger charge is -2.20. The molecule has 0 atom stereocenters. The molecule has 0 aliphatic rings. The Balaban J connectivity index is 3.22. The molecule has 0 saturated heterocycles. The predicted octanol–water partition coefficient (Wildman–Crippen LogP) is 4.84. The van der Waals surface area contributed by atoms with Crippen molar-refractivity contribution in [1.82, 2.24) is 4.90 Å². The average molecular weight is 302 g/mol. The van der Waals surface area contributed by atoms with E-state index < -0.39 is 0 Å². The molecule has 0 fully saturated rings. The molecule has 0 unspecified atom stereocenters. The molecular formula is C19H30N2O. The molecule has 22 heavy (non-hydrogen) atoms. The Morgan fingerprint density at radius 2 is 1.82 bits per heavy atom. The first kappa shape index (κ1) is 18.4. The summed E-state index contributed by atoms with van der Waals surface area (Å²) < 4.78 is 0. The number of aryl methyl sites for hydroxylation is 1. The topological polar surface area (TPSA) is 32.7 Å². The number of Topliss-reactive ketones (excluding diaryl/α,β-unsaturated/α-hetero) is 1. The molecule has 1 aromatic carbocycles. The maximum absolute atomic E-state index is 12.6. The van der Waals surface area contributed by atoms with Crippen molar-refractivity contribution >= 4 is 17.8 Å². The lowest BCUT2D eigenvalue weighted by atomic mass is 9.84. The maximum Gasteiger partial charge on any atom is 0.163 e. The summed E-state index contributed by atoms with van der Waals surface area (Å²) >= 11 is 0. The van der Waals surface area contributed by atoms with Crippen LogP contribution in [0.25, 0.3) is 0 Å². The van der Waals surface area contributed by atoms with Crippen LogP contribution in [0, 0.1) is 26.2 Å². The van der Waals surface area contributed by atoms with Gasteiger partial charge in [0.05, 0.1) is 12.0 Å². The normalized spacial score (nSPS) is 12.0. The van der Waals surface area contributed by atoms with Crippen molar-refractivity contribution in [2.45, 2.75) is 54.9 Å². The minimum absolute atomic E-state index is 0.00449. The molecular weight excluding hydrogens is 272 g/mol. The molecule has 1 aromatic rings. The molecule has 0 heterocycles. The SMILES string of the molecule is CCN(C)/C=N/c1cc(C)c(C(=O)CC(C)(C)C)c(C)c1C. The molecule has 3 heteroatoms. The van der Waals surface area contributed by atoms with E-state index in [1.807, 2.05) is 45.1 Å². The van der Waals surface area contributed by atoms with Crippen molar-refractivity contribution in [3.63, 3.8) is 0 Å². The molecule has 0 bridgehead atoms. The van der Waals surface area contributed by atoms with Gasteiger partial charge < -0.3 is 4.90 Å². The van der Waals surface area contributed by atoms with Gasteiger partial charge in [-0.05, 0) is 55.9 Å². The second-order valence-electron chi connectivity index (χ2n) is 7.32. The molecule has 0 saturated carbocycles. The van der Waals surface area contributed by atoms with E-state index in [1.165, 1.54) is 0 Å². The van der Waals surface area contributed by atoms with E-state index in [0.29, 0.717) is 6.42 Å². The number of carbonyl (C=O) groups is 1. The summed E-state index contributed by atoms with van der Waals surface area (Å²) in [6.45, 7) is 15.4. The van der Waals surface area contributed by atoms with E-state index in [1.54, 1.807) is 0 Å². The molecule has 3 nitrogen and oxygen atoms in total. The minimum Gasteiger partial charge on any atom is -0.366 e. The summed E-state index contributed by atoms with van der Waals surface area (Å²) in [5.41, 5.74) is 4.98. The molecule has 0 aliphatic heterocycles. The van der Waals surface area contributed by atoms with E-state index in [-0.39, 0.29) is 11.2 Å². The highest BCUT2D eigenvalue weighted by molar-refractivity contribution is 6.00. The fraction of sp³-hybridized carbons (Fsp3) is 0.579. The van der Waals surface area contributed by atoms with Gasteiger partial charge >= 0.3 is 0 Å². The Morgan fingerprint density at radius 1 is 1.23 bits per heavy atom. The quantitative estimate of drug-likeness (QED) is 0.443. The van der Waals surface area contributed by atoms with Crippen LogP contribution in [0.5, 0.6) is 0 Å². The van der Waals surface area contributed by atoms with Gasteiger partial charge in [-0.15, -0.1) is 0 Å². The Morgan fingerprint density at radius 3 is 2.32 bits per heavy atom. The van der Waals surface area contributed by atoms with Crippen molar-refractivity contribution < 1.29 is 4.79 Å². The van der Waals surface area contributed by atoms with Crippen LogP contribution in [0.1, 0.15) is 61.2 Å². The highest BCUT2D eigenvalue weighted by Crippen LogP contribution is 2.31. The van der Waals surface area contributed by atoms with Gasteiger partial charge in [-0.1, -0.05) is 20.8 Å². The second kappa shape index (κ2) is 7.08. The number of aliphatic imine (C=N–C) groups is 1. The minimum atomic E-state index is 0.00449. The average Bonchev–Trinajstić information content (AvgIpc) is 2.38. The molecule has 1 rings (SSSR count). The fourth-order valence-electron chi connectivity index (χ4n) is 2.44. The van der Waals surface area contributed by atoms with Crippen molar-refractivity contribution in [3.05, 3.63) is 28.3 Å². The Bertz CT molecular complexity index is 580. The number of rotatable bonds is 5. The first-order valence-electron chi connectivity index (χ1n) is 7.95. The number of nitrogens with zero attached hydrogens (tertiary/aromatic N) is 2. The van der Waals surface area contributed by atoms with E-state index in [4.69, 9.17) is 0 Å². The van der Waals surface area contributed by atoms with E-state index in [2.05, 4.69) is 32.7 Å². The zero-order valence-corrected chi connectivity index (χ0v) is 15.4. The van der Waals surface area contributed by atoms with Gasteiger partial charge in [0.2, 0.25) is 0 Å². The lowest BCUT2D eigenvalue weighted by molar-refractivity contribution is 0.0938. The van der Waals surface area contributed by atoms with Crippen LogP contribution in [-0.4, -0.2) is 30.6 Å². The van der Waals surface area contributed by atoms with Gasteiger partial charge in [0, 0.05) is 25.6 Å². The summed E-state index contributed by atoms with van der Waals surface area (Å²) in [6, 6.07) is 2.03. The van der Waals surface area contributed by atoms with Crippen molar-refractivity contribution in [2.75, 3.05) is 13.6 Å². The van der Waals surface area contributed by atoms with Crippen molar-refractivity contribution in [1.29, 1.82) is 0 Å². The molecule has 0 aromatic heterocycles. The summed E-state index contributed by atoms with van der Waals surface area (Å²) in [6.07, 6.45) is 2.41. The van der Waals surface area contributed by atoms with Gasteiger partial charge in [0.15, 0.2) is 5.78 Å². The Kier molecular flexibility index (Phi) is 5.92. The first-order chi connectivity index (χ1) is 10.1. The third kappa shape index (κ3) is 4.69. The van der Waals surface area contributed by atoms with Crippen molar-refractivity contribution in [2.24, 2.45) is 10.4 Å². The lowest BCUT2D eigenvalue weighted by Crippen LogP contribution is -2.16. The third-order valence-corrected chi connectivity index (χ3v) is 3.93. The van der Waals surface area contributed by atoms with Crippen LogP contribution in [-0.2, 0) is 0 Å². The van der Waals surface area contributed by atoms with E-state index in [9.17, 15) is 4.79 Å². The smallest absolute Gasteiger partial charge is 0.163 e. The summed E-state index contributed by atoms with van der Waals surface area (Å²) in [4.78, 5) is 19.2. The highest BCUT2D eigenvalue weighted by Gasteiger charge is 2.21. The molecule has 0 spiro atoms. The maximum atomic E-state index is 12.6. The van der Waals surface area contributed by atoms with Crippen LogP contribution >= 0.6 is 0 Å². The molecule has 0 aliphatic carbocycles. The van der Waals surface area contributed by atoms with Gasteiger partial charge in [0.1, 0.15) is 0 Å². The third-order valence-electron chi connectivity index (χ3n) is 3.93. The van der Waals surface area contributed by atoms with Crippen LogP contribution in [0.15, 0.2) is 11.1 Å². The summed E-state index contributed by atoms with van der Waals surface area (Å²) in [7, 11) is 2.00. The number of carbonyl (C=O) groups excluding carboxylic acids is 1. The van der Waals surface area contributed by atoms with Crippen molar-refractivity contribution in [3.8, 4) is 0 Å². The Hall–Kier alpha value is -1.64. The first-order valence-corrected chi connectivity index (χ1v) is 7.95. The van der Waals surface area contributed by atoms with Crippen LogP contribution in [0.4, 0.5) is 5.69 Å². The number of hydrogen-bond donors (Lipinski definition) is 0. The molecule has 0 amide bonds. The van der Waals surface area contributed by atoms with E-state index >= 15 is 0 Å². The van der Waals surface area contributed by atoms with Crippen LogP contribution in [0.2, 0.25) is 0 Å². The Labute approximate surface area is 135 Å². The zero-order valence-electron chi connectivity index (χ0n) is 15.4. The number of hydrogen-bond acceptors (Lipinski definition) is 2. The highest BCUT2D eigenvalue weighted by atomic mass is 16.1. The molecule has 0 radical (unpaired) electrons. The predicted molar refractivity (Wildman–Crippen MR) is 95.5 cm³/mol. The fourth-order valence-corrected chi connectivity index (χ4v) is 2.44. The van der Waals surface area contributed by atoms with Gasteiger partial charge in [-0.25, -0.2) is 4.99 Å². The second-order valence-corrected chi connectivity index (χ2v) is 7.32. The number of ketones is 1. The monoisotopic (exact) mass is 302 g/mol.